The Morgan fingerprint density at radius 1 is 1.59 bits per heavy atom. The molecule has 3 N–H and O–H groups in total. The zero-order valence-electron chi connectivity index (χ0n) is 10.9. The number of carbonyl (C=O) groups is 1. The van der Waals surface area contributed by atoms with Gasteiger partial charge in [0.25, 0.3) is 5.91 Å². The molecule has 1 aromatic rings. The first-order valence-corrected chi connectivity index (χ1v) is 5.71. The van der Waals surface area contributed by atoms with Gasteiger partial charge in [-0.1, -0.05) is 6.92 Å². The molecule has 0 unspecified atom stereocenters. The van der Waals surface area contributed by atoms with Crippen molar-refractivity contribution in [3.05, 3.63) is 23.7 Å². The highest BCUT2D eigenvalue weighted by Gasteiger charge is 2.24. The molecule has 0 radical (unpaired) electrons. The molecule has 0 atom stereocenters. The van der Waals surface area contributed by atoms with Gasteiger partial charge >= 0.3 is 0 Å². The predicted molar refractivity (Wildman–Crippen MR) is 66.2 cm³/mol. The van der Waals surface area contributed by atoms with E-state index in [0.717, 1.165) is 6.42 Å². The van der Waals surface area contributed by atoms with Crippen molar-refractivity contribution in [2.75, 3.05) is 7.05 Å². The number of nitrogen functional groups attached to an aromatic ring is 1. The number of rotatable bonds is 5. The number of nitrogens with one attached hydrogen (secondary N) is 1. The summed E-state index contributed by atoms with van der Waals surface area (Å²) in [6.45, 7) is 7.01. The van der Waals surface area contributed by atoms with Gasteiger partial charge in [-0.3, -0.25) is 15.1 Å². The minimum absolute atomic E-state index is 0.0588. The number of furan rings is 1. The molecule has 0 saturated carbocycles. The van der Waals surface area contributed by atoms with Gasteiger partial charge in [-0.25, -0.2) is 5.84 Å². The highest BCUT2D eigenvalue weighted by Crippen LogP contribution is 2.21. The molecule has 17 heavy (non-hydrogen) atoms. The second-order valence-electron chi connectivity index (χ2n) is 4.75. The quantitative estimate of drug-likeness (QED) is 0.464. The summed E-state index contributed by atoms with van der Waals surface area (Å²) in [5.41, 5.74) is 2.67. The van der Waals surface area contributed by atoms with Gasteiger partial charge in [-0.05, 0) is 33.4 Å². The standard InChI is InChI=1S/C12H21N3O2/c1-5-12(2,3)15(4)8-10-9(6-7-17-10)11(16)14-13/h6-7H,5,8,13H2,1-4H3,(H,14,16). The van der Waals surface area contributed by atoms with Gasteiger partial charge < -0.3 is 4.42 Å². The van der Waals surface area contributed by atoms with Crippen molar-refractivity contribution >= 4 is 5.91 Å². The molecule has 0 bridgehead atoms. The maximum atomic E-state index is 11.5. The van der Waals surface area contributed by atoms with E-state index >= 15 is 0 Å². The molecule has 0 aromatic carbocycles. The number of nitrogens with zero attached hydrogens (tertiary/aromatic N) is 1. The van der Waals surface area contributed by atoms with Gasteiger partial charge in [0, 0.05) is 5.54 Å². The second-order valence-corrected chi connectivity index (χ2v) is 4.75. The van der Waals surface area contributed by atoms with Crippen LogP contribution >= 0.6 is 0 Å². The average molecular weight is 239 g/mol. The smallest absolute Gasteiger partial charge is 0.268 e. The van der Waals surface area contributed by atoms with E-state index in [1.165, 1.54) is 6.26 Å². The monoisotopic (exact) mass is 239 g/mol. The van der Waals surface area contributed by atoms with Crippen LogP contribution in [0.25, 0.3) is 0 Å². The molecule has 0 fully saturated rings. The molecule has 0 aliphatic heterocycles. The fourth-order valence-electron chi connectivity index (χ4n) is 1.44. The molecule has 96 valence electrons. The first-order valence-electron chi connectivity index (χ1n) is 5.71. The van der Waals surface area contributed by atoms with Gasteiger partial charge in [0.1, 0.15) is 5.76 Å². The molecule has 0 aliphatic rings. The van der Waals surface area contributed by atoms with Crippen molar-refractivity contribution in [2.45, 2.75) is 39.3 Å². The van der Waals surface area contributed by atoms with Crippen molar-refractivity contribution in [1.82, 2.24) is 10.3 Å². The Labute approximate surface area is 102 Å². The van der Waals surface area contributed by atoms with E-state index in [0.29, 0.717) is 17.9 Å². The molecule has 0 aliphatic carbocycles. The SMILES string of the molecule is CCC(C)(C)N(C)Cc1occc1C(=O)NN. The Kier molecular flexibility index (Phi) is 4.31. The van der Waals surface area contributed by atoms with Gasteiger partial charge in [0.05, 0.1) is 18.4 Å². The lowest BCUT2D eigenvalue weighted by Crippen LogP contribution is -2.40. The highest BCUT2D eigenvalue weighted by molar-refractivity contribution is 5.94. The van der Waals surface area contributed by atoms with Crippen LogP contribution in [0.4, 0.5) is 0 Å². The van der Waals surface area contributed by atoms with Gasteiger partial charge in [0.2, 0.25) is 0 Å². The number of nitrogens with two attached hydrogens (primary N) is 1. The molecule has 1 amide bonds. The van der Waals surface area contributed by atoms with E-state index in [9.17, 15) is 4.79 Å². The van der Waals surface area contributed by atoms with Gasteiger partial charge in [-0.15, -0.1) is 0 Å². The Morgan fingerprint density at radius 2 is 2.24 bits per heavy atom. The third-order valence-corrected chi connectivity index (χ3v) is 3.40. The van der Waals surface area contributed by atoms with Crippen LogP contribution in [0.15, 0.2) is 16.7 Å². The maximum Gasteiger partial charge on any atom is 0.268 e. The fourth-order valence-corrected chi connectivity index (χ4v) is 1.44. The lowest BCUT2D eigenvalue weighted by molar-refractivity contribution is 0.0944. The fraction of sp³-hybridized carbons (Fsp3) is 0.583. The molecule has 0 spiro atoms. The number of carbonyl (C=O) groups excluding carboxylic acids is 1. The summed E-state index contributed by atoms with van der Waals surface area (Å²) >= 11 is 0. The van der Waals surface area contributed by atoms with Crippen LogP contribution in [0.2, 0.25) is 0 Å². The van der Waals surface area contributed by atoms with Crippen LogP contribution in [0.3, 0.4) is 0 Å². The molecule has 0 saturated heterocycles. The van der Waals surface area contributed by atoms with Crippen molar-refractivity contribution in [1.29, 1.82) is 0 Å². The molecule has 5 nitrogen and oxygen atoms in total. The first-order chi connectivity index (χ1) is 7.92. The van der Waals surface area contributed by atoms with Crippen molar-refractivity contribution in [3.8, 4) is 0 Å². The van der Waals surface area contributed by atoms with E-state index in [4.69, 9.17) is 10.3 Å². The van der Waals surface area contributed by atoms with Crippen molar-refractivity contribution in [2.24, 2.45) is 5.84 Å². The number of amides is 1. The van der Waals surface area contributed by atoms with E-state index in [1.807, 2.05) is 7.05 Å². The normalized spacial score (nSPS) is 11.9. The summed E-state index contributed by atoms with van der Waals surface area (Å²) in [6, 6.07) is 1.63. The molecule has 1 heterocycles. The van der Waals surface area contributed by atoms with E-state index in [1.54, 1.807) is 6.07 Å². The molecule has 5 heteroatoms. The van der Waals surface area contributed by atoms with Gasteiger partial charge in [-0.2, -0.15) is 0 Å². The van der Waals surface area contributed by atoms with Gasteiger partial charge in [0.15, 0.2) is 0 Å². The topological polar surface area (TPSA) is 71.5 Å². The number of hydrogen-bond donors (Lipinski definition) is 2. The molecule has 1 aromatic heterocycles. The van der Waals surface area contributed by atoms with Crippen molar-refractivity contribution in [3.63, 3.8) is 0 Å². The van der Waals surface area contributed by atoms with E-state index < -0.39 is 0 Å². The van der Waals surface area contributed by atoms with Crippen LogP contribution in [-0.4, -0.2) is 23.4 Å². The Bertz CT molecular complexity index is 385. The largest absolute Gasteiger partial charge is 0.467 e. The first kappa shape index (κ1) is 13.7. The zero-order valence-corrected chi connectivity index (χ0v) is 10.9. The zero-order chi connectivity index (χ0) is 13.1. The molecular formula is C12H21N3O2. The minimum Gasteiger partial charge on any atom is -0.467 e. The van der Waals surface area contributed by atoms with E-state index in [-0.39, 0.29) is 11.4 Å². The van der Waals surface area contributed by atoms with Crippen LogP contribution in [0.5, 0.6) is 0 Å². The summed E-state index contributed by atoms with van der Waals surface area (Å²) < 4.78 is 5.34. The van der Waals surface area contributed by atoms with Crippen molar-refractivity contribution < 1.29 is 9.21 Å². The predicted octanol–water partition coefficient (Wildman–Crippen LogP) is 1.50. The maximum absolute atomic E-state index is 11.5. The Balaban J connectivity index is 2.82. The summed E-state index contributed by atoms with van der Waals surface area (Å²) in [4.78, 5) is 13.6. The summed E-state index contributed by atoms with van der Waals surface area (Å²) in [7, 11) is 2.01. The van der Waals surface area contributed by atoms with Crippen LogP contribution in [0, 0.1) is 0 Å². The lowest BCUT2D eigenvalue weighted by atomic mass is 9.99. The summed E-state index contributed by atoms with van der Waals surface area (Å²) in [5, 5.41) is 0. The third-order valence-electron chi connectivity index (χ3n) is 3.40. The minimum atomic E-state index is -0.323. The average Bonchev–Trinajstić information content (AvgIpc) is 2.76. The number of hydrogen-bond acceptors (Lipinski definition) is 4. The Morgan fingerprint density at radius 3 is 2.76 bits per heavy atom. The highest BCUT2D eigenvalue weighted by atomic mass is 16.3. The lowest BCUT2D eigenvalue weighted by Gasteiger charge is -2.34. The van der Waals surface area contributed by atoms with E-state index in [2.05, 4.69) is 31.1 Å². The summed E-state index contributed by atoms with van der Waals surface area (Å²) in [5.74, 6) is 5.43. The van der Waals surface area contributed by atoms with Crippen LogP contribution < -0.4 is 11.3 Å². The third kappa shape index (κ3) is 3.08. The molecule has 1 rings (SSSR count). The second kappa shape index (κ2) is 5.33. The van der Waals surface area contributed by atoms with Crippen LogP contribution in [0.1, 0.15) is 43.3 Å². The van der Waals surface area contributed by atoms with Crippen LogP contribution in [-0.2, 0) is 6.54 Å². The summed E-state index contributed by atoms with van der Waals surface area (Å²) in [6.07, 6.45) is 2.52. The Hall–Kier alpha value is -1.33. The molecular weight excluding hydrogens is 218 g/mol. The number of hydrazine groups is 1.